The van der Waals surface area contributed by atoms with Crippen molar-refractivity contribution in [3.63, 3.8) is 0 Å². The number of carbonyl (C=O) groups is 2. The number of hydrogen-bond donors (Lipinski definition) is 1. The molecule has 0 heterocycles. The standard InChI is InChI=1S/C15H16F3NO3S/c1-10(9-14(21)22-2)19-13(20)8-5-11-3-6-12(7-4-11)23-15(16,17)18/h3-8,10H,9H2,1-2H3,(H,19,20)/b8-5+. The molecular weight excluding hydrogens is 331 g/mol. The topological polar surface area (TPSA) is 55.4 Å². The largest absolute Gasteiger partial charge is 0.469 e. The molecule has 0 bridgehead atoms. The first-order chi connectivity index (χ1) is 10.7. The molecule has 126 valence electrons. The number of methoxy groups -OCH3 is 1. The van der Waals surface area contributed by atoms with E-state index in [1.54, 1.807) is 6.92 Å². The molecule has 4 nitrogen and oxygen atoms in total. The highest BCUT2D eigenvalue weighted by molar-refractivity contribution is 8.00. The number of ether oxygens (including phenoxy) is 1. The van der Waals surface area contributed by atoms with Crippen molar-refractivity contribution in [1.29, 1.82) is 0 Å². The number of rotatable bonds is 6. The summed E-state index contributed by atoms with van der Waals surface area (Å²) in [5.74, 6) is -0.838. The molecule has 1 unspecified atom stereocenters. The number of hydrogen-bond acceptors (Lipinski definition) is 4. The van der Waals surface area contributed by atoms with Gasteiger partial charge in [0.1, 0.15) is 0 Å². The maximum absolute atomic E-state index is 12.2. The second kappa shape index (κ2) is 8.61. The first-order valence-corrected chi connectivity index (χ1v) is 7.42. The van der Waals surface area contributed by atoms with Crippen LogP contribution in [0, 0.1) is 0 Å². The highest BCUT2D eigenvalue weighted by Gasteiger charge is 2.28. The van der Waals surface area contributed by atoms with Gasteiger partial charge in [-0.2, -0.15) is 13.2 Å². The van der Waals surface area contributed by atoms with Gasteiger partial charge in [0, 0.05) is 17.0 Å². The fourth-order valence-electron chi connectivity index (χ4n) is 1.63. The van der Waals surface area contributed by atoms with Crippen LogP contribution >= 0.6 is 11.8 Å². The van der Waals surface area contributed by atoms with Crippen LogP contribution in [0.15, 0.2) is 35.2 Å². The summed E-state index contributed by atoms with van der Waals surface area (Å²) in [7, 11) is 1.26. The molecule has 0 radical (unpaired) electrons. The van der Waals surface area contributed by atoms with Gasteiger partial charge < -0.3 is 10.1 Å². The molecule has 1 aromatic carbocycles. The second-order valence-electron chi connectivity index (χ2n) is 4.64. The van der Waals surface area contributed by atoms with E-state index in [0.29, 0.717) is 5.56 Å². The number of alkyl halides is 3. The van der Waals surface area contributed by atoms with E-state index in [9.17, 15) is 22.8 Å². The monoisotopic (exact) mass is 347 g/mol. The van der Waals surface area contributed by atoms with E-state index in [0.717, 1.165) is 0 Å². The number of nitrogens with one attached hydrogen (secondary N) is 1. The molecule has 23 heavy (non-hydrogen) atoms. The molecule has 1 aromatic rings. The number of esters is 1. The third kappa shape index (κ3) is 8.29. The Balaban J connectivity index is 2.53. The minimum absolute atomic E-state index is 0.0550. The van der Waals surface area contributed by atoms with E-state index in [2.05, 4.69) is 10.1 Å². The zero-order valence-electron chi connectivity index (χ0n) is 12.5. The molecule has 1 rings (SSSR count). The van der Waals surface area contributed by atoms with Crippen LogP contribution in [-0.4, -0.2) is 30.5 Å². The predicted molar refractivity (Wildman–Crippen MR) is 81.6 cm³/mol. The van der Waals surface area contributed by atoms with Crippen LogP contribution in [0.1, 0.15) is 18.9 Å². The Bertz CT molecular complexity index is 570. The second-order valence-corrected chi connectivity index (χ2v) is 5.78. The van der Waals surface area contributed by atoms with Crippen molar-refractivity contribution in [2.45, 2.75) is 29.8 Å². The Labute approximate surface area is 136 Å². The van der Waals surface area contributed by atoms with Gasteiger partial charge in [-0.15, -0.1) is 0 Å². The average Bonchev–Trinajstić information content (AvgIpc) is 2.44. The fraction of sp³-hybridized carbons (Fsp3) is 0.333. The number of benzene rings is 1. The smallest absolute Gasteiger partial charge is 0.446 e. The van der Waals surface area contributed by atoms with Gasteiger partial charge in [0.2, 0.25) is 5.91 Å². The van der Waals surface area contributed by atoms with Gasteiger partial charge in [-0.05, 0) is 42.5 Å². The summed E-state index contributed by atoms with van der Waals surface area (Å²) >= 11 is -0.197. The van der Waals surface area contributed by atoms with Gasteiger partial charge in [0.25, 0.3) is 0 Å². The van der Waals surface area contributed by atoms with Crippen molar-refractivity contribution in [3.8, 4) is 0 Å². The van der Waals surface area contributed by atoms with Crippen LogP contribution in [0.5, 0.6) is 0 Å². The Kier molecular flexibility index (Phi) is 7.15. The third-order valence-electron chi connectivity index (χ3n) is 2.63. The van der Waals surface area contributed by atoms with Gasteiger partial charge in [0.05, 0.1) is 13.5 Å². The first-order valence-electron chi connectivity index (χ1n) is 6.61. The zero-order chi connectivity index (χ0) is 17.5. The number of amides is 1. The highest BCUT2D eigenvalue weighted by Crippen LogP contribution is 2.36. The number of carbonyl (C=O) groups excluding carboxylic acids is 2. The van der Waals surface area contributed by atoms with Crippen LogP contribution in [0.3, 0.4) is 0 Å². The molecule has 0 saturated heterocycles. The molecule has 8 heteroatoms. The molecule has 0 aliphatic heterocycles. The highest BCUT2D eigenvalue weighted by atomic mass is 32.2. The summed E-state index contributed by atoms with van der Waals surface area (Å²) in [6.07, 6.45) is 2.78. The van der Waals surface area contributed by atoms with Crippen LogP contribution in [0.2, 0.25) is 0 Å². The van der Waals surface area contributed by atoms with Crippen LogP contribution in [-0.2, 0) is 14.3 Å². The molecule has 0 fully saturated rings. The summed E-state index contributed by atoms with van der Waals surface area (Å²) in [6, 6.07) is 5.24. The van der Waals surface area contributed by atoms with Crippen LogP contribution in [0.4, 0.5) is 13.2 Å². The van der Waals surface area contributed by atoms with Crippen molar-refractivity contribution in [1.82, 2.24) is 5.32 Å². The minimum Gasteiger partial charge on any atom is -0.469 e. The predicted octanol–water partition coefficient (Wildman–Crippen LogP) is 3.38. The summed E-state index contributed by atoms with van der Waals surface area (Å²) in [4.78, 5) is 22.8. The van der Waals surface area contributed by atoms with Gasteiger partial charge in [0.15, 0.2) is 0 Å². The molecular formula is C15H16F3NO3S. The Hall–Kier alpha value is -1.96. The Morgan fingerprint density at radius 3 is 2.43 bits per heavy atom. The zero-order valence-corrected chi connectivity index (χ0v) is 13.3. The minimum atomic E-state index is -4.33. The Morgan fingerprint density at radius 2 is 1.91 bits per heavy atom. The van der Waals surface area contributed by atoms with Gasteiger partial charge in [-0.1, -0.05) is 12.1 Å². The SMILES string of the molecule is COC(=O)CC(C)NC(=O)/C=C/c1ccc(SC(F)(F)F)cc1. The van der Waals surface area contributed by atoms with E-state index in [1.807, 2.05) is 0 Å². The van der Waals surface area contributed by atoms with Gasteiger partial charge in [-0.25, -0.2) is 0 Å². The van der Waals surface area contributed by atoms with Crippen molar-refractivity contribution in [2.75, 3.05) is 7.11 Å². The lowest BCUT2D eigenvalue weighted by atomic mass is 10.2. The van der Waals surface area contributed by atoms with E-state index in [-0.39, 0.29) is 29.1 Å². The van der Waals surface area contributed by atoms with Crippen molar-refractivity contribution < 1.29 is 27.5 Å². The fourth-order valence-corrected chi connectivity index (χ4v) is 2.17. The normalized spacial score (nSPS) is 12.9. The van der Waals surface area contributed by atoms with Crippen molar-refractivity contribution in [2.24, 2.45) is 0 Å². The lowest BCUT2D eigenvalue weighted by molar-refractivity contribution is -0.141. The van der Waals surface area contributed by atoms with Gasteiger partial charge in [-0.3, -0.25) is 9.59 Å². The first kappa shape index (κ1) is 19.1. The molecule has 0 aliphatic carbocycles. The summed E-state index contributed by atoms with van der Waals surface area (Å²) in [5.41, 5.74) is -3.74. The van der Waals surface area contributed by atoms with Crippen LogP contribution in [0.25, 0.3) is 6.08 Å². The van der Waals surface area contributed by atoms with E-state index in [1.165, 1.54) is 43.5 Å². The molecule has 0 aliphatic rings. The van der Waals surface area contributed by atoms with Gasteiger partial charge >= 0.3 is 11.5 Å². The van der Waals surface area contributed by atoms with E-state index >= 15 is 0 Å². The number of thioether (sulfide) groups is 1. The van der Waals surface area contributed by atoms with E-state index in [4.69, 9.17) is 0 Å². The maximum Gasteiger partial charge on any atom is 0.446 e. The summed E-state index contributed by atoms with van der Waals surface area (Å²) in [6.45, 7) is 1.66. The average molecular weight is 347 g/mol. The summed E-state index contributed by atoms with van der Waals surface area (Å²) < 4.78 is 41.1. The van der Waals surface area contributed by atoms with E-state index < -0.39 is 17.4 Å². The van der Waals surface area contributed by atoms with Crippen LogP contribution < -0.4 is 5.32 Å². The lowest BCUT2D eigenvalue weighted by Crippen LogP contribution is -2.33. The molecule has 0 spiro atoms. The summed E-state index contributed by atoms with van der Waals surface area (Å²) in [5, 5.41) is 2.58. The molecule has 1 N–H and O–H groups in total. The molecule has 0 aromatic heterocycles. The lowest BCUT2D eigenvalue weighted by Gasteiger charge is -2.10. The quantitative estimate of drug-likeness (QED) is 0.487. The third-order valence-corrected chi connectivity index (χ3v) is 3.37. The maximum atomic E-state index is 12.2. The molecule has 1 amide bonds. The molecule has 0 saturated carbocycles. The van der Waals surface area contributed by atoms with Crippen molar-refractivity contribution in [3.05, 3.63) is 35.9 Å². The Morgan fingerprint density at radius 1 is 1.30 bits per heavy atom. The number of halogens is 3. The van der Waals surface area contributed by atoms with Crippen molar-refractivity contribution >= 4 is 29.7 Å². The molecule has 1 atom stereocenters.